The quantitative estimate of drug-likeness (QED) is 0.238. The topological polar surface area (TPSA) is 143 Å². The molecule has 3 N–H and O–H groups in total. The number of rotatable bonds is 6. The number of anilines is 2. The van der Waals surface area contributed by atoms with Crippen LogP contribution in [0.2, 0.25) is 0 Å². The molecule has 32 heavy (non-hydrogen) atoms. The number of carbonyl (C=O) groups is 3. The maximum Gasteiger partial charge on any atom is 0.329 e. The number of nitro benzene ring substituents is 1. The molecule has 10 heteroatoms. The minimum Gasteiger partial charge on any atom is -0.322 e. The van der Waals surface area contributed by atoms with Crippen LogP contribution in [0.4, 0.5) is 17.1 Å². The fourth-order valence-corrected chi connectivity index (χ4v) is 2.59. The molecule has 0 spiro atoms. The minimum atomic E-state index is -1.05. The Kier molecular flexibility index (Phi) is 7.00. The van der Waals surface area contributed by atoms with Crippen LogP contribution >= 0.6 is 0 Å². The van der Waals surface area contributed by atoms with Crippen LogP contribution in [0.15, 0.2) is 84.0 Å². The first-order chi connectivity index (χ1) is 15.4. The van der Waals surface area contributed by atoms with Crippen LogP contribution in [0.25, 0.3) is 0 Å². The van der Waals surface area contributed by atoms with E-state index in [1.807, 2.05) is 6.07 Å². The van der Waals surface area contributed by atoms with Crippen LogP contribution in [0.3, 0.4) is 0 Å². The number of nitro groups is 1. The molecule has 0 aliphatic heterocycles. The summed E-state index contributed by atoms with van der Waals surface area (Å²) in [6.45, 7) is 0. The van der Waals surface area contributed by atoms with Crippen molar-refractivity contribution in [2.24, 2.45) is 5.10 Å². The van der Waals surface area contributed by atoms with Crippen molar-refractivity contribution >= 4 is 41.0 Å². The fourth-order valence-electron chi connectivity index (χ4n) is 2.59. The van der Waals surface area contributed by atoms with Crippen LogP contribution < -0.4 is 16.1 Å². The third-order valence-corrected chi connectivity index (χ3v) is 4.14. The van der Waals surface area contributed by atoms with Gasteiger partial charge in [0.15, 0.2) is 0 Å². The molecule has 0 heterocycles. The summed E-state index contributed by atoms with van der Waals surface area (Å²) in [4.78, 5) is 46.9. The first-order valence-corrected chi connectivity index (χ1v) is 9.28. The van der Waals surface area contributed by atoms with Gasteiger partial charge in [0.05, 0.1) is 22.4 Å². The maximum absolute atomic E-state index is 12.6. The summed E-state index contributed by atoms with van der Waals surface area (Å²) < 4.78 is 0. The largest absolute Gasteiger partial charge is 0.329 e. The third kappa shape index (κ3) is 5.83. The SMILES string of the molecule is O=C(N/N=C\c1ccc([N+](=O)[O-])cc1)C(=O)Nc1ccccc1C(=O)Nc1ccccc1. The summed E-state index contributed by atoms with van der Waals surface area (Å²) in [6.07, 6.45) is 1.23. The van der Waals surface area contributed by atoms with Gasteiger partial charge < -0.3 is 10.6 Å². The van der Waals surface area contributed by atoms with Gasteiger partial charge in [-0.25, -0.2) is 5.43 Å². The van der Waals surface area contributed by atoms with E-state index in [1.54, 1.807) is 36.4 Å². The first kappa shape index (κ1) is 21.8. The van der Waals surface area contributed by atoms with Crippen molar-refractivity contribution in [2.75, 3.05) is 10.6 Å². The summed E-state index contributed by atoms with van der Waals surface area (Å²) in [6, 6.07) is 20.5. The number of carbonyl (C=O) groups excluding carboxylic acids is 3. The van der Waals surface area contributed by atoms with E-state index in [0.29, 0.717) is 11.3 Å². The number of benzene rings is 3. The van der Waals surface area contributed by atoms with E-state index >= 15 is 0 Å². The Morgan fingerprint density at radius 2 is 1.47 bits per heavy atom. The number of para-hydroxylation sites is 2. The smallest absolute Gasteiger partial charge is 0.322 e. The Morgan fingerprint density at radius 3 is 2.16 bits per heavy atom. The molecule has 0 atom stereocenters. The minimum absolute atomic E-state index is 0.0828. The molecule has 0 unspecified atom stereocenters. The Labute approximate surface area is 182 Å². The van der Waals surface area contributed by atoms with Crippen molar-refractivity contribution < 1.29 is 19.3 Å². The van der Waals surface area contributed by atoms with Gasteiger partial charge >= 0.3 is 11.8 Å². The fraction of sp³-hybridized carbons (Fsp3) is 0. The Bertz CT molecular complexity index is 1180. The molecule has 3 rings (SSSR count). The van der Waals surface area contributed by atoms with E-state index in [0.717, 1.165) is 0 Å². The van der Waals surface area contributed by atoms with Gasteiger partial charge in [0.2, 0.25) is 0 Å². The van der Waals surface area contributed by atoms with Crippen LogP contribution in [-0.2, 0) is 9.59 Å². The van der Waals surface area contributed by atoms with Crippen molar-refractivity contribution in [3.63, 3.8) is 0 Å². The Morgan fingerprint density at radius 1 is 0.812 bits per heavy atom. The van der Waals surface area contributed by atoms with Crippen LogP contribution in [-0.4, -0.2) is 28.9 Å². The average molecular weight is 431 g/mol. The number of non-ortho nitro benzene ring substituents is 1. The molecule has 10 nitrogen and oxygen atoms in total. The zero-order valence-corrected chi connectivity index (χ0v) is 16.5. The predicted molar refractivity (Wildman–Crippen MR) is 118 cm³/mol. The second-order valence-electron chi connectivity index (χ2n) is 6.37. The highest BCUT2D eigenvalue weighted by atomic mass is 16.6. The number of nitrogens with one attached hydrogen (secondary N) is 3. The van der Waals surface area contributed by atoms with Gasteiger partial charge in [-0.05, 0) is 42.0 Å². The lowest BCUT2D eigenvalue weighted by Gasteiger charge is -2.11. The van der Waals surface area contributed by atoms with Crippen molar-refractivity contribution in [2.45, 2.75) is 0 Å². The molecular formula is C22H17N5O5. The van der Waals surface area contributed by atoms with Crippen LogP contribution in [0.5, 0.6) is 0 Å². The van der Waals surface area contributed by atoms with Gasteiger partial charge in [0.1, 0.15) is 0 Å². The zero-order chi connectivity index (χ0) is 22.9. The monoisotopic (exact) mass is 431 g/mol. The second kappa shape index (κ2) is 10.3. The normalized spacial score (nSPS) is 10.4. The van der Waals surface area contributed by atoms with E-state index in [9.17, 15) is 24.5 Å². The third-order valence-electron chi connectivity index (χ3n) is 4.14. The molecule has 0 saturated carbocycles. The molecular weight excluding hydrogens is 414 g/mol. The summed E-state index contributed by atoms with van der Waals surface area (Å²) in [5.41, 5.74) is 3.37. The predicted octanol–water partition coefficient (Wildman–Crippen LogP) is 2.94. The number of amides is 3. The van der Waals surface area contributed by atoms with Gasteiger partial charge in [-0.3, -0.25) is 24.5 Å². The Balaban J connectivity index is 1.61. The number of hydrazone groups is 1. The number of nitrogens with zero attached hydrogens (tertiary/aromatic N) is 2. The highest BCUT2D eigenvalue weighted by Crippen LogP contribution is 2.17. The van der Waals surface area contributed by atoms with E-state index in [4.69, 9.17) is 0 Å². The van der Waals surface area contributed by atoms with Crippen molar-refractivity contribution in [3.05, 3.63) is 100 Å². The summed E-state index contributed by atoms with van der Waals surface area (Å²) in [5.74, 6) is -2.53. The van der Waals surface area contributed by atoms with Gasteiger partial charge in [0.25, 0.3) is 11.6 Å². The molecule has 160 valence electrons. The molecule has 0 aliphatic carbocycles. The van der Waals surface area contributed by atoms with Crippen molar-refractivity contribution in [3.8, 4) is 0 Å². The molecule has 0 radical (unpaired) electrons. The van der Waals surface area contributed by atoms with Gasteiger partial charge in [-0.1, -0.05) is 30.3 Å². The van der Waals surface area contributed by atoms with E-state index in [-0.39, 0.29) is 16.9 Å². The maximum atomic E-state index is 12.6. The molecule has 0 aliphatic rings. The lowest BCUT2D eigenvalue weighted by molar-refractivity contribution is -0.384. The second-order valence-corrected chi connectivity index (χ2v) is 6.37. The zero-order valence-electron chi connectivity index (χ0n) is 16.5. The molecule has 0 fully saturated rings. The molecule has 3 amide bonds. The summed E-state index contributed by atoms with van der Waals surface area (Å²) in [5, 5.41) is 19.4. The van der Waals surface area contributed by atoms with Gasteiger partial charge in [-0.2, -0.15) is 5.10 Å². The van der Waals surface area contributed by atoms with Gasteiger partial charge in [0, 0.05) is 17.8 Å². The molecule has 3 aromatic rings. The highest BCUT2D eigenvalue weighted by molar-refractivity contribution is 6.40. The van der Waals surface area contributed by atoms with Crippen molar-refractivity contribution in [1.82, 2.24) is 5.43 Å². The molecule has 3 aromatic carbocycles. The lowest BCUT2D eigenvalue weighted by Crippen LogP contribution is -2.33. The molecule has 0 saturated heterocycles. The van der Waals surface area contributed by atoms with Crippen LogP contribution in [0.1, 0.15) is 15.9 Å². The van der Waals surface area contributed by atoms with E-state index in [1.165, 1.54) is 42.6 Å². The number of hydrogen-bond acceptors (Lipinski definition) is 6. The first-order valence-electron chi connectivity index (χ1n) is 9.28. The Hall–Kier alpha value is -4.86. The van der Waals surface area contributed by atoms with E-state index in [2.05, 4.69) is 21.2 Å². The summed E-state index contributed by atoms with van der Waals surface area (Å²) in [7, 11) is 0. The molecule has 0 aromatic heterocycles. The summed E-state index contributed by atoms with van der Waals surface area (Å²) >= 11 is 0. The van der Waals surface area contributed by atoms with Crippen molar-refractivity contribution in [1.29, 1.82) is 0 Å². The van der Waals surface area contributed by atoms with E-state index < -0.39 is 22.6 Å². The highest BCUT2D eigenvalue weighted by Gasteiger charge is 2.17. The number of hydrogen-bond donors (Lipinski definition) is 3. The van der Waals surface area contributed by atoms with Gasteiger partial charge in [-0.15, -0.1) is 0 Å². The standard InChI is InChI=1S/C22H17N5O5/c28-20(24-16-6-2-1-3-7-16)18-8-4-5-9-19(18)25-21(29)22(30)26-23-14-15-10-12-17(13-11-15)27(31)32/h1-14H,(H,24,28)(H,25,29)(H,26,30)/b23-14-. The molecule has 0 bridgehead atoms. The lowest BCUT2D eigenvalue weighted by atomic mass is 10.1. The van der Waals surface area contributed by atoms with Crippen LogP contribution in [0, 0.1) is 10.1 Å². The average Bonchev–Trinajstić information content (AvgIpc) is 2.80.